The highest BCUT2D eigenvalue weighted by Gasteiger charge is 2.81. The number of hydrogen-bond acceptors (Lipinski definition) is 8. The van der Waals surface area contributed by atoms with Crippen LogP contribution < -0.4 is 0 Å². The van der Waals surface area contributed by atoms with Gasteiger partial charge in [0.25, 0.3) is 0 Å². The van der Waals surface area contributed by atoms with Crippen LogP contribution in [0.1, 0.15) is 24.2 Å². The molecule has 0 aromatic heterocycles. The molecule has 8 heteroatoms. The van der Waals surface area contributed by atoms with E-state index in [1.54, 1.807) is 30.3 Å². The number of esters is 3. The Bertz CT molecular complexity index is 747. The van der Waals surface area contributed by atoms with E-state index in [-0.39, 0.29) is 24.9 Å². The Kier molecular flexibility index (Phi) is 3.96. The Balaban J connectivity index is 1.52. The van der Waals surface area contributed by atoms with Crippen LogP contribution in [0.4, 0.5) is 0 Å². The van der Waals surface area contributed by atoms with E-state index in [0.717, 1.165) is 0 Å². The molecule has 3 aliphatic rings. The summed E-state index contributed by atoms with van der Waals surface area (Å²) in [7, 11) is 0. The third-order valence-electron chi connectivity index (χ3n) is 4.77. The molecule has 2 aliphatic heterocycles. The van der Waals surface area contributed by atoms with E-state index in [9.17, 15) is 14.4 Å². The highest BCUT2D eigenvalue weighted by atomic mass is 16.7. The molecule has 0 N–H and O–H groups in total. The molecule has 0 amide bonds. The second-order valence-corrected chi connectivity index (χ2v) is 6.60. The van der Waals surface area contributed by atoms with Gasteiger partial charge >= 0.3 is 17.9 Å². The molecule has 4 rings (SSSR count). The van der Waals surface area contributed by atoms with Crippen LogP contribution in [0.5, 0.6) is 0 Å². The third kappa shape index (κ3) is 2.85. The normalized spacial score (nSPS) is 36.2. The summed E-state index contributed by atoms with van der Waals surface area (Å²) >= 11 is 0. The van der Waals surface area contributed by atoms with Crippen molar-refractivity contribution in [1.82, 2.24) is 0 Å². The molecule has 1 aromatic carbocycles. The van der Waals surface area contributed by atoms with Gasteiger partial charge in [0.2, 0.25) is 0 Å². The van der Waals surface area contributed by atoms with Crippen LogP contribution in [-0.2, 0) is 33.3 Å². The number of ether oxygens (including phenoxy) is 5. The quantitative estimate of drug-likeness (QED) is 0.427. The summed E-state index contributed by atoms with van der Waals surface area (Å²) in [5.41, 5.74) is -0.661. The lowest BCUT2D eigenvalue weighted by Crippen LogP contribution is -2.55. The summed E-state index contributed by atoms with van der Waals surface area (Å²) in [6.45, 7) is 2.39. The molecular formula is C18H18O8. The van der Waals surface area contributed by atoms with Crippen molar-refractivity contribution < 1.29 is 38.1 Å². The van der Waals surface area contributed by atoms with Gasteiger partial charge in [0.15, 0.2) is 17.8 Å². The minimum Gasteiger partial charge on any atom is -0.459 e. The third-order valence-corrected chi connectivity index (χ3v) is 4.77. The molecule has 26 heavy (non-hydrogen) atoms. The van der Waals surface area contributed by atoms with Gasteiger partial charge in [-0.2, -0.15) is 0 Å². The maximum absolute atomic E-state index is 12.2. The van der Waals surface area contributed by atoms with Crippen molar-refractivity contribution in [3.8, 4) is 0 Å². The lowest BCUT2D eigenvalue weighted by atomic mass is 9.84. The van der Waals surface area contributed by atoms with Crippen molar-refractivity contribution >= 4 is 17.9 Å². The first-order valence-electron chi connectivity index (χ1n) is 8.32. The summed E-state index contributed by atoms with van der Waals surface area (Å²) in [5, 5.41) is 0. The van der Waals surface area contributed by atoms with Crippen molar-refractivity contribution in [3.05, 3.63) is 35.9 Å². The van der Waals surface area contributed by atoms with Gasteiger partial charge in [-0.05, 0) is 12.1 Å². The summed E-state index contributed by atoms with van der Waals surface area (Å²) in [6.07, 6.45) is -2.71. The fraction of sp³-hybridized carbons (Fsp3) is 0.500. The highest BCUT2D eigenvalue weighted by Crippen LogP contribution is 2.57. The molecule has 6 atom stereocenters. The molecule has 1 aliphatic carbocycles. The zero-order valence-corrected chi connectivity index (χ0v) is 14.2. The summed E-state index contributed by atoms with van der Waals surface area (Å²) in [6, 6.07) is 8.52. The molecule has 1 aromatic rings. The second kappa shape index (κ2) is 6.07. The number of carbonyl (C=O) groups is 3. The molecule has 0 bridgehead atoms. The van der Waals surface area contributed by atoms with Gasteiger partial charge in [0, 0.05) is 13.8 Å². The van der Waals surface area contributed by atoms with E-state index >= 15 is 0 Å². The monoisotopic (exact) mass is 362 g/mol. The molecule has 1 saturated carbocycles. The first kappa shape index (κ1) is 17.0. The van der Waals surface area contributed by atoms with E-state index in [1.165, 1.54) is 13.8 Å². The summed E-state index contributed by atoms with van der Waals surface area (Å²) in [5.74, 6) is -1.58. The lowest BCUT2D eigenvalue weighted by Gasteiger charge is -2.32. The maximum atomic E-state index is 12.2. The van der Waals surface area contributed by atoms with Gasteiger partial charge < -0.3 is 23.7 Å². The van der Waals surface area contributed by atoms with Crippen LogP contribution in [0.15, 0.2) is 30.3 Å². The minimum atomic E-state index is -1.06. The van der Waals surface area contributed by atoms with Gasteiger partial charge in [-0.25, -0.2) is 4.79 Å². The van der Waals surface area contributed by atoms with Crippen LogP contribution >= 0.6 is 0 Å². The van der Waals surface area contributed by atoms with Crippen molar-refractivity contribution in [1.29, 1.82) is 0 Å². The standard InChI is InChI=1S/C18H18O8/c1-9(19)23-13-12-14(25-12)16-18(26-16,15(13)24-10(2)20)8-22-17(21)11-6-4-3-5-7-11/h3-7,12-16H,8H2,1-2H3/t12-,13+,14-,15-,16-,18-/m1/s1. The highest BCUT2D eigenvalue weighted by molar-refractivity contribution is 5.89. The SMILES string of the molecule is CC(=O)O[C@H]1[C@H]2O[C@H]2[C@H]2O[C@]2(COC(=O)c2ccccc2)[C@@H]1OC(C)=O. The second-order valence-electron chi connectivity index (χ2n) is 6.60. The Morgan fingerprint density at radius 1 is 1.04 bits per heavy atom. The molecular weight excluding hydrogens is 344 g/mol. The number of carbonyl (C=O) groups excluding carboxylic acids is 3. The van der Waals surface area contributed by atoms with Crippen LogP contribution in [0.3, 0.4) is 0 Å². The molecule has 3 fully saturated rings. The van der Waals surface area contributed by atoms with E-state index in [4.69, 9.17) is 23.7 Å². The first-order chi connectivity index (χ1) is 12.4. The molecule has 2 saturated heterocycles. The number of hydrogen-bond donors (Lipinski definition) is 0. The summed E-state index contributed by atoms with van der Waals surface area (Å²) in [4.78, 5) is 35.2. The smallest absolute Gasteiger partial charge is 0.338 e. The Hall–Kier alpha value is -2.45. The minimum absolute atomic E-state index is 0.131. The lowest BCUT2D eigenvalue weighted by molar-refractivity contribution is -0.175. The maximum Gasteiger partial charge on any atom is 0.338 e. The number of benzene rings is 1. The Morgan fingerprint density at radius 2 is 1.73 bits per heavy atom. The van der Waals surface area contributed by atoms with Crippen LogP contribution in [0.25, 0.3) is 0 Å². The largest absolute Gasteiger partial charge is 0.459 e. The molecule has 0 spiro atoms. The molecule has 2 heterocycles. The van der Waals surface area contributed by atoms with Crippen LogP contribution in [0, 0.1) is 0 Å². The Morgan fingerprint density at radius 3 is 2.38 bits per heavy atom. The van der Waals surface area contributed by atoms with Crippen molar-refractivity contribution in [2.75, 3.05) is 6.61 Å². The van der Waals surface area contributed by atoms with Gasteiger partial charge in [-0.1, -0.05) is 18.2 Å². The van der Waals surface area contributed by atoms with E-state index in [1.807, 2.05) is 0 Å². The average Bonchev–Trinajstić information content (AvgIpc) is 3.49. The predicted molar refractivity (Wildman–Crippen MR) is 84.1 cm³/mol. The molecule has 138 valence electrons. The average molecular weight is 362 g/mol. The van der Waals surface area contributed by atoms with Gasteiger partial charge in [-0.3, -0.25) is 9.59 Å². The fourth-order valence-corrected chi connectivity index (χ4v) is 3.57. The van der Waals surface area contributed by atoms with Crippen molar-refractivity contribution in [2.24, 2.45) is 0 Å². The van der Waals surface area contributed by atoms with Crippen molar-refractivity contribution in [2.45, 2.75) is 50.0 Å². The molecule has 0 radical (unpaired) electrons. The van der Waals surface area contributed by atoms with Gasteiger partial charge in [0.1, 0.15) is 24.9 Å². The zero-order valence-electron chi connectivity index (χ0n) is 14.2. The van der Waals surface area contributed by atoms with Gasteiger partial charge in [0.05, 0.1) is 5.56 Å². The number of rotatable bonds is 5. The van der Waals surface area contributed by atoms with Crippen LogP contribution in [-0.4, -0.2) is 60.6 Å². The van der Waals surface area contributed by atoms with E-state index in [2.05, 4.69) is 0 Å². The number of epoxide rings is 2. The molecule has 0 unspecified atom stereocenters. The number of fused-ring (bicyclic) bond motifs is 3. The topological polar surface area (TPSA) is 104 Å². The Labute approximate surface area is 149 Å². The molecule has 8 nitrogen and oxygen atoms in total. The van der Waals surface area contributed by atoms with Crippen LogP contribution in [0.2, 0.25) is 0 Å². The van der Waals surface area contributed by atoms with E-state index in [0.29, 0.717) is 5.56 Å². The summed E-state index contributed by atoms with van der Waals surface area (Å²) < 4.78 is 27.4. The van der Waals surface area contributed by atoms with Crippen molar-refractivity contribution in [3.63, 3.8) is 0 Å². The fourth-order valence-electron chi connectivity index (χ4n) is 3.57. The zero-order chi connectivity index (χ0) is 18.5. The van der Waals surface area contributed by atoms with E-state index < -0.39 is 35.7 Å². The van der Waals surface area contributed by atoms with Gasteiger partial charge in [-0.15, -0.1) is 0 Å². The predicted octanol–water partition coefficient (Wildman–Crippen LogP) is 0.625. The first-order valence-corrected chi connectivity index (χ1v) is 8.32.